The molecule has 1 aliphatic rings. The second kappa shape index (κ2) is 8.99. The second-order valence-corrected chi connectivity index (χ2v) is 8.24. The standard InChI is InChI=1S/C20H22N2O5S/c23-19(14-21-28(25,26)17-10-5-2-6-11-17)22-13-7-12-18(22)20(24)27-15-16-8-3-1-4-9-16/h1-6,8-11,18,21H,7,12-15H2/t18-/m0/s1. The SMILES string of the molecule is O=C(OCc1ccccc1)[C@@H]1CCCN1C(=O)CNS(=O)(=O)c1ccccc1. The molecule has 0 bridgehead atoms. The molecule has 0 aromatic heterocycles. The molecule has 1 amide bonds. The highest BCUT2D eigenvalue weighted by atomic mass is 32.2. The molecule has 2 aromatic carbocycles. The van der Waals surface area contributed by atoms with Gasteiger partial charge in [0.15, 0.2) is 0 Å². The average molecular weight is 402 g/mol. The number of amides is 1. The zero-order valence-electron chi connectivity index (χ0n) is 15.3. The molecule has 1 aliphatic heterocycles. The molecule has 1 atom stereocenters. The summed E-state index contributed by atoms with van der Waals surface area (Å²) < 4.78 is 32.1. The quantitative estimate of drug-likeness (QED) is 0.712. The van der Waals surface area contributed by atoms with Crippen LogP contribution in [-0.2, 0) is 31.0 Å². The lowest BCUT2D eigenvalue weighted by Gasteiger charge is -2.23. The first kappa shape index (κ1) is 20.0. The van der Waals surface area contributed by atoms with Gasteiger partial charge < -0.3 is 9.64 Å². The van der Waals surface area contributed by atoms with Gasteiger partial charge in [0.25, 0.3) is 0 Å². The number of benzene rings is 2. The van der Waals surface area contributed by atoms with Crippen LogP contribution in [0.25, 0.3) is 0 Å². The van der Waals surface area contributed by atoms with Crippen molar-refractivity contribution >= 4 is 21.9 Å². The van der Waals surface area contributed by atoms with E-state index in [2.05, 4.69) is 4.72 Å². The molecule has 7 nitrogen and oxygen atoms in total. The van der Waals surface area contributed by atoms with Gasteiger partial charge in [-0.1, -0.05) is 48.5 Å². The molecular formula is C20H22N2O5S. The molecule has 1 fully saturated rings. The van der Waals surface area contributed by atoms with E-state index in [1.807, 2.05) is 30.3 Å². The van der Waals surface area contributed by atoms with E-state index in [0.717, 1.165) is 5.56 Å². The molecule has 0 radical (unpaired) electrons. The van der Waals surface area contributed by atoms with Gasteiger partial charge in [-0.3, -0.25) is 4.79 Å². The van der Waals surface area contributed by atoms with E-state index in [9.17, 15) is 18.0 Å². The van der Waals surface area contributed by atoms with Crippen LogP contribution in [0.3, 0.4) is 0 Å². The molecule has 1 saturated heterocycles. The second-order valence-electron chi connectivity index (χ2n) is 6.48. The minimum absolute atomic E-state index is 0.0862. The smallest absolute Gasteiger partial charge is 0.329 e. The Balaban J connectivity index is 1.56. The zero-order chi connectivity index (χ0) is 20.0. The van der Waals surface area contributed by atoms with Crippen molar-refractivity contribution in [2.24, 2.45) is 0 Å². The Kier molecular flexibility index (Phi) is 6.43. The lowest BCUT2D eigenvalue weighted by atomic mass is 10.2. The lowest BCUT2D eigenvalue weighted by Crippen LogP contribution is -2.46. The van der Waals surface area contributed by atoms with Crippen molar-refractivity contribution in [2.75, 3.05) is 13.1 Å². The van der Waals surface area contributed by atoms with Crippen LogP contribution in [0.2, 0.25) is 0 Å². The number of sulfonamides is 1. The van der Waals surface area contributed by atoms with E-state index in [1.54, 1.807) is 18.2 Å². The van der Waals surface area contributed by atoms with Crippen molar-refractivity contribution in [1.29, 1.82) is 0 Å². The van der Waals surface area contributed by atoms with Gasteiger partial charge in [-0.15, -0.1) is 0 Å². The van der Waals surface area contributed by atoms with Crippen molar-refractivity contribution in [1.82, 2.24) is 9.62 Å². The predicted octanol–water partition coefficient (Wildman–Crippen LogP) is 1.70. The molecule has 1 N–H and O–H groups in total. The minimum Gasteiger partial charge on any atom is -0.459 e. The number of carbonyl (C=O) groups is 2. The molecule has 0 saturated carbocycles. The topological polar surface area (TPSA) is 92.8 Å². The minimum atomic E-state index is -3.78. The highest BCUT2D eigenvalue weighted by molar-refractivity contribution is 7.89. The van der Waals surface area contributed by atoms with Gasteiger partial charge in [-0.25, -0.2) is 17.9 Å². The Morgan fingerprint density at radius 2 is 1.68 bits per heavy atom. The summed E-state index contributed by atoms with van der Waals surface area (Å²) in [4.78, 5) is 26.4. The van der Waals surface area contributed by atoms with Crippen molar-refractivity contribution in [3.8, 4) is 0 Å². The molecule has 148 valence electrons. The van der Waals surface area contributed by atoms with Crippen LogP contribution < -0.4 is 4.72 Å². The van der Waals surface area contributed by atoms with Gasteiger partial charge in [-0.2, -0.15) is 0 Å². The number of esters is 1. The van der Waals surface area contributed by atoms with Gasteiger partial charge in [-0.05, 0) is 30.5 Å². The summed E-state index contributed by atoms with van der Waals surface area (Å²) in [6, 6.07) is 16.4. The zero-order valence-corrected chi connectivity index (χ0v) is 16.1. The maximum atomic E-state index is 12.5. The number of rotatable bonds is 7. The molecular weight excluding hydrogens is 380 g/mol. The van der Waals surface area contributed by atoms with Crippen molar-refractivity contribution in [3.05, 3.63) is 66.2 Å². The fraction of sp³-hybridized carbons (Fsp3) is 0.300. The first-order valence-electron chi connectivity index (χ1n) is 9.02. The molecule has 0 unspecified atom stereocenters. The average Bonchev–Trinajstić information content (AvgIpc) is 3.22. The van der Waals surface area contributed by atoms with E-state index in [0.29, 0.717) is 19.4 Å². The molecule has 0 spiro atoms. The maximum absolute atomic E-state index is 12.5. The van der Waals surface area contributed by atoms with Crippen molar-refractivity contribution < 1.29 is 22.7 Å². The van der Waals surface area contributed by atoms with E-state index in [4.69, 9.17) is 4.74 Å². The van der Waals surface area contributed by atoms with Crippen LogP contribution in [0.5, 0.6) is 0 Å². The number of likely N-dealkylation sites (tertiary alicyclic amines) is 1. The third kappa shape index (κ3) is 4.96. The summed E-state index contributed by atoms with van der Waals surface area (Å²) in [5, 5.41) is 0. The normalized spacial score (nSPS) is 16.7. The van der Waals surface area contributed by atoms with Gasteiger partial charge in [0.05, 0.1) is 11.4 Å². The third-order valence-corrected chi connectivity index (χ3v) is 5.95. The summed E-state index contributed by atoms with van der Waals surface area (Å²) in [7, 11) is -3.78. The first-order chi connectivity index (χ1) is 13.5. The van der Waals surface area contributed by atoms with Gasteiger partial charge >= 0.3 is 5.97 Å². The highest BCUT2D eigenvalue weighted by Gasteiger charge is 2.35. The predicted molar refractivity (Wildman–Crippen MR) is 103 cm³/mol. The summed E-state index contributed by atoms with van der Waals surface area (Å²) >= 11 is 0. The van der Waals surface area contributed by atoms with E-state index >= 15 is 0 Å². The van der Waals surface area contributed by atoms with Crippen LogP contribution in [0.15, 0.2) is 65.6 Å². The lowest BCUT2D eigenvalue weighted by molar-refractivity contribution is -0.154. The maximum Gasteiger partial charge on any atom is 0.329 e. The number of carbonyl (C=O) groups excluding carboxylic acids is 2. The fourth-order valence-electron chi connectivity index (χ4n) is 3.08. The molecule has 2 aromatic rings. The van der Waals surface area contributed by atoms with Crippen LogP contribution in [0, 0.1) is 0 Å². The van der Waals surface area contributed by atoms with Crippen LogP contribution >= 0.6 is 0 Å². The Labute approximate surface area is 164 Å². The Morgan fingerprint density at radius 1 is 1.04 bits per heavy atom. The molecule has 3 rings (SSSR count). The highest BCUT2D eigenvalue weighted by Crippen LogP contribution is 2.19. The Hall–Kier alpha value is -2.71. The third-order valence-electron chi connectivity index (χ3n) is 4.54. The first-order valence-corrected chi connectivity index (χ1v) is 10.5. The van der Waals surface area contributed by atoms with Crippen LogP contribution in [0.1, 0.15) is 18.4 Å². The van der Waals surface area contributed by atoms with E-state index < -0.39 is 34.5 Å². The largest absolute Gasteiger partial charge is 0.459 e. The number of hydrogen-bond donors (Lipinski definition) is 1. The summed E-state index contributed by atoms with van der Waals surface area (Å²) in [5.41, 5.74) is 0.863. The van der Waals surface area contributed by atoms with Crippen LogP contribution in [0.4, 0.5) is 0 Å². The monoisotopic (exact) mass is 402 g/mol. The molecule has 0 aliphatic carbocycles. The summed E-state index contributed by atoms with van der Waals surface area (Å²) in [5.74, 6) is -0.917. The van der Waals surface area contributed by atoms with E-state index in [-0.39, 0.29) is 11.5 Å². The fourth-order valence-corrected chi connectivity index (χ4v) is 4.07. The van der Waals surface area contributed by atoms with Gasteiger partial charge in [0, 0.05) is 6.54 Å². The Morgan fingerprint density at radius 3 is 2.36 bits per heavy atom. The number of hydrogen-bond acceptors (Lipinski definition) is 5. The van der Waals surface area contributed by atoms with Crippen LogP contribution in [-0.4, -0.2) is 44.3 Å². The van der Waals surface area contributed by atoms with Crippen molar-refractivity contribution in [2.45, 2.75) is 30.4 Å². The number of ether oxygens (including phenoxy) is 1. The Bertz CT molecular complexity index is 916. The number of nitrogens with zero attached hydrogens (tertiary/aromatic N) is 1. The summed E-state index contributed by atoms with van der Waals surface area (Å²) in [6.07, 6.45) is 1.17. The number of nitrogens with one attached hydrogen (secondary N) is 1. The van der Waals surface area contributed by atoms with Crippen molar-refractivity contribution in [3.63, 3.8) is 0 Å². The molecule has 8 heteroatoms. The van der Waals surface area contributed by atoms with E-state index in [1.165, 1.54) is 17.0 Å². The van der Waals surface area contributed by atoms with Gasteiger partial charge in [0.1, 0.15) is 12.6 Å². The van der Waals surface area contributed by atoms with Gasteiger partial charge in [0.2, 0.25) is 15.9 Å². The molecule has 28 heavy (non-hydrogen) atoms. The summed E-state index contributed by atoms with van der Waals surface area (Å²) in [6.45, 7) is 0.134. The molecule has 1 heterocycles.